The number of fused-ring (bicyclic) bond motifs is 1. The van der Waals surface area contributed by atoms with Crippen molar-refractivity contribution in [2.75, 3.05) is 33.4 Å². The minimum atomic E-state index is -3.74. The number of carbonyl (C=O) groups is 1. The number of aryl methyl sites for hydroxylation is 1. The monoisotopic (exact) mass is 449 g/mol. The van der Waals surface area contributed by atoms with Gasteiger partial charge in [0.1, 0.15) is 5.56 Å². The number of benzene rings is 1. The molecule has 1 N–H and O–H groups in total. The van der Waals surface area contributed by atoms with Crippen LogP contribution in [-0.4, -0.2) is 56.5 Å². The number of ether oxygens (including phenoxy) is 1. The van der Waals surface area contributed by atoms with E-state index in [-0.39, 0.29) is 34.2 Å². The molecule has 1 saturated heterocycles. The smallest absolute Gasteiger partial charge is 0.256 e. The van der Waals surface area contributed by atoms with E-state index in [4.69, 9.17) is 4.74 Å². The van der Waals surface area contributed by atoms with Crippen LogP contribution >= 0.6 is 0 Å². The van der Waals surface area contributed by atoms with E-state index in [0.717, 1.165) is 6.42 Å². The van der Waals surface area contributed by atoms with Gasteiger partial charge in [0.2, 0.25) is 15.5 Å². The first-order chi connectivity index (χ1) is 14.7. The summed E-state index contributed by atoms with van der Waals surface area (Å²) in [5.74, 6) is 0.0514. The first-order valence-electron chi connectivity index (χ1n) is 10.6. The van der Waals surface area contributed by atoms with Crippen molar-refractivity contribution in [3.63, 3.8) is 0 Å². The maximum Gasteiger partial charge on any atom is 0.256 e. The van der Waals surface area contributed by atoms with Crippen LogP contribution in [0.1, 0.15) is 37.6 Å². The predicted octanol–water partition coefficient (Wildman–Crippen LogP) is 2.06. The fourth-order valence-electron chi connectivity index (χ4n) is 4.27. The molecule has 2 heterocycles. The lowest BCUT2D eigenvalue weighted by atomic mass is 9.94. The number of pyridine rings is 1. The Balaban J connectivity index is 2.07. The molecular formula is C22H31N3O5S. The van der Waals surface area contributed by atoms with Crippen LogP contribution in [0.15, 0.2) is 34.1 Å². The van der Waals surface area contributed by atoms with E-state index in [1.165, 1.54) is 23.7 Å². The van der Waals surface area contributed by atoms with Gasteiger partial charge in [-0.15, -0.1) is 0 Å². The maximum atomic E-state index is 13.3. The molecular weight excluding hydrogens is 418 g/mol. The number of carbonyl (C=O) groups excluding carboxylic acids is 1. The average Bonchev–Trinajstić information content (AvgIpc) is 2.73. The molecule has 3 rings (SSSR count). The zero-order chi connectivity index (χ0) is 22.8. The fraction of sp³-hybridized carbons (Fsp3) is 0.545. The molecule has 1 aromatic carbocycles. The van der Waals surface area contributed by atoms with Gasteiger partial charge in [0.05, 0.1) is 17.0 Å². The number of aromatic nitrogens is 1. The Bertz CT molecular complexity index is 1120. The highest BCUT2D eigenvalue weighted by Gasteiger charge is 2.32. The summed E-state index contributed by atoms with van der Waals surface area (Å²) >= 11 is 0. The molecule has 2 aromatic rings. The number of amides is 1. The second-order valence-electron chi connectivity index (χ2n) is 8.35. The first-order valence-corrected chi connectivity index (χ1v) is 12.1. The van der Waals surface area contributed by atoms with Crippen LogP contribution in [0.25, 0.3) is 10.9 Å². The molecule has 31 heavy (non-hydrogen) atoms. The summed E-state index contributed by atoms with van der Waals surface area (Å²) in [6.45, 7) is 8.06. The Labute approximate surface area is 183 Å². The van der Waals surface area contributed by atoms with Crippen LogP contribution in [-0.2, 0) is 21.3 Å². The third-order valence-corrected chi connectivity index (χ3v) is 7.53. The van der Waals surface area contributed by atoms with Crippen molar-refractivity contribution in [2.24, 2.45) is 11.8 Å². The lowest BCUT2D eigenvalue weighted by Crippen LogP contribution is -2.42. The molecule has 8 nitrogen and oxygen atoms in total. The predicted molar refractivity (Wildman–Crippen MR) is 120 cm³/mol. The van der Waals surface area contributed by atoms with Gasteiger partial charge in [0, 0.05) is 44.9 Å². The van der Waals surface area contributed by atoms with Crippen molar-refractivity contribution in [1.29, 1.82) is 0 Å². The first kappa shape index (κ1) is 23.4. The Hall–Kier alpha value is -2.23. The highest BCUT2D eigenvalue weighted by Crippen LogP contribution is 2.28. The Kier molecular flexibility index (Phi) is 7.18. The normalized spacial score (nSPS) is 20.1. The highest BCUT2D eigenvalue weighted by molar-refractivity contribution is 7.89. The number of hydrogen-bond acceptors (Lipinski definition) is 5. The minimum absolute atomic E-state index is 0.0137. The van der Waals surface area contributed by atoms with E-state index < -0.39 is 21.4 Å². The molecule has 2 atom stereocenters. The average molecular weight is 450 g/mol. The summed E-state index contributed by atoms with van der Waals surface area (Å²) in [5.41, 5.74) is 0.104. The van der Waals surface area contributed by atoms with Crippen LogP contribution in [0.2, 0.25) is 0 Å². The molecule has 170 valence electrons. The third-order valence-electron chi connectivity index (χ3n) is 5.70. The molecule has 0 saturated carbocycles. The van der Waals surface area contributed by atoms with Gasteiger partial charge >= 0.3 is 0 Å². The fourth-order valence-corrected chi connectivity index (χ4v) is 5.98. The van der Waals surface area contributed by atoms with E-state index >= 15 is 0 Å². The topological polar surface area (TPSA) is 97.7 Å². The van der Waals surface area contributed by atoms with Gasteiger partial charge < -0.3 is 14.6 Å². The van der Waals surface area contributed by atoms with E-state index in [9.17, 15) is 18.0 Å². The molecule has 0 radical (unpaired) electrons. The SMILES string of the molecule is CCn1cc(C(=O)NCCOC)c(=O)c2cc(S(=O)(=O)N3C[C@@H](C)C[C@H](C)C3)ccc21. The second-order valence-corrected chi connectivity index (χ2v) is 10.3. The zero-order valence-electron chi connectivity index (χ0n) is 18.6. The molecule has 0 spiro atoms. The van der Waals surface area contributed by atoms with E-state index in [2.05, 4.69) is 5.32 Å². The standard InChI is InChI=1S/C22H31N3O5S/c1-5-24-14-19(22(27)23-8-9-30-4)21(26)18-11-17(6-7-20(18)24)31(28,29)25-12-15(2)10-16(3)13-25/h6-7,11,14-16H,5,8-10,12-13H2,1-4H3,(H,23,27)/t15-,16-/m0/s1. The van der Waals surface area contributed by atoms with Gasteiger partial charge in [-0.3, -0.25) is 9.59 Å². The summed E-state index contributed by atoms with van der Waals surface area (Å²) in [5, 5.41) is 2.88. The second kappa shape index (κ2) is 9.50. The van der Waals surface area contributed by atoms with Crippen LogP contribution in [0.4, 0.5) is 0 Å². The number of sulfonamides is 1. The Morgan fingerprint density at radius 3 is 2.52 bits per heavy atom. The Morgan fingerprint density at radius 1 is 1.23 bits per heavy atom. The number of methoxy groups -OCH3 is 1. The van der Waals surface area contributed by atoms with Crippen molar-refractivity contribution < 1.29 is 17.9 Å². The number of piperidine rings is 1. The lowest BCUT2D eigenvalue weighted by molar-refractivity contribution is 0.0935. The summed E-state index contributed by atoms with van der Waals surface area (Å²) in [6.07, 6.45) is 2.52. The van der Waals surface area contributed by atoms with Crippen molar-refractivity contribution in [1.82, 2.24) is 14.2 Å². The quantitative estimate of drug-likeness (QED) is 0.653. The highest BCUT2D eigenvalue weighted by atomic mass is 32.2. The van der Waals surface area contributed by atoms with Crippen molar-refractivity contribution in [3.05, 3.63) is 40.2 Å². The number of nitrogens with zero attached hydrogens (tertiary/aromatic N) is 2. The van der Waals surface area contributed by atoms with Crippen LogP contribution in [0.5, 0.6) is 0 Å². The van der Waals surface area contributed by atoms with Crippen molar-refractivity contribution >= 4 is 26.8 Å². The number of hydrogen-bond donors (Lipinski definition) is 1. The van der Waals surface area contributed by atoms with Gasteiger partial charge in [-0.2, -0.15) is 4.31 Å². The third kappa shape index (κ3) is 4.83. The van der Waals surface area contributed by atoms with Crippen molar-refractivity contribution in [2.45, 2.75) is 38.6 Å². The maximum absolute atomic E-state index is 13.3. The number of nitrogens with one attached hydrogen (secondary N) is 1. The molecule has 1 amide bonds. The summed E-state index contributed by atoms with van der Waals surface area (Å²) < 4.78 is 34.8. The van der Waals surface area contributed by atoms with E-state index in [1.54, 1.807) is 16.7 Å². The zero-order valence-corrected chi connectivity index (χ0v) is 19.4. The van der Waals surface area contributed by atoms with Gasteiger partial charge in [0.25, 0.3) is 5.91 Å². The van der Waals surface area contributed by atoms with Crippen LogP contribution < -0.4 is 10.7 Å². The largest absolute Gasteiger partial charge is 0.383 e. The summed E-state index contributed by atoms with van der Waals surface area (Å²) in [6, 6.07) is 4.61. The van der Waals surface area contributed by atoms with Gasteiger partial charge in [-0.1, -0.05) is 13.8 Å². The molecule has 0 aliphatic carbocycles. The van der Waals surface area contributed by atoms with Crippen LogP contribution in [0.3, 0.4) is 0 Å². The van der Waals surface area contributed by atoms with Gasteiger partial charge in [-0.05, 0) is 43.4 Å². The van der Waals surface area contributed by atoms with Crippen LogP contribution in [0, 0.1) is 11.8 Å². The number of rotatable bonds is 7. The molecule has 1 fully saturated rings. The molecule has 1 aromatic heterocycles. The molecule has 0 bridgehead atoms. The minimum Gasteiger partial charge on any atom is -0.383 e. The van der Waals surface area contributed by atoms with E-state index in [0.29, 0.717) is 31.8 Å². The van der Waals surface area contributed by atoms with Crippen molar-refractivity contribution in [3.8, 4) is 0 Å². The van der Waals surface area contributed by atoms with Gasteiger partial charge in [-0.25, -0.2) is 8.42 Å². The molecule has 9 heteroatoms. The molecule has 1 aliphatic rings. The molecule has 1 aliphatic heterocycles. The van der Waals surface area contributed by atoms with E-state index in [1.807, 2.05) is 20.8 Å². The Morgan fingerprint density at radius 2 is 1.90 bits per heavy atom. The van der Waals surface area contributed by atoms with Gasteiger partial charge in [0.15, 0.2) is 0 Å². The summed E-state index contributed by atoms with van der Waals surface area (Å²) in [7, 11) is -2.21. The summed E-state index contributed by atoms with van der Waals surface area (Å²) in [4.78, 5) is 25.7. The molecule has 0 unspecified atom stereocenters. The lowest BCUT2D eigenvalue weighted by Gasteiger charge is -2.34.